The number of carboxylic acid groups (broad SMARTS) is 1. The van der Waals surface area contributed by atoms with Crippen LogP contribution in [-0.4, -0.2) is 52.9 Å². The topological polar surface area (TPSA) is 94.0 Å². The van der Waals surface area contributed by atoms with Gasteiger partial charge in [-0.25, -0.2) is 4.79 Å². The minimum atomic E-state index is -1.16. The lowest BCUT2D eigenvalue weighted by molar-refractivity contribution is -0.160. The summed E-state index contributed by atoms with van der Waals surface area (Å²) in [5.74, 6) is -0.398. The predicted octanol–water partition coefficient (Wildman–Crippen LogP) is 6.61. The van der Waals surface area contributed by atoms with Crippen LogP contribution >= 0.6 is 0 Å². The van der Waals surface area contributed by atoms with Crippen LogP contribution in [0, 0.1) is 12.3 Å². The van der Waals surface area contributed by atoms with Gasteiger partial charge in [0.25, 0.3) is 0 Å². The second-order valence-electron chi connectivity index (χ2n) is 12.4. The highest BCUT2D eigenvalue weighted by Gasteiger charge is 2.36. The Morgan fingerprint density at radius 1 is 1.02 bits per heavy atom. The van der Waals surface area contributed by atoms with Crippen molar-refractivity contribution in [3.63, 3.8) is 0 Å². The minimum absolute atomic E-state index is 0.231. The molecule has 1 aromatic carbocycles. The number of hydrogen-bond acceptors (Lipinski definition) is 7. The number of piperidine rings is 1. The fraction of sp³-hybridized carbons (Fsp3) is 0.485. The molecule has 0 radical (unpaired) electrons. The van der Waals surface area contributed by atoms with Gasteiger partial charge in [-0.3, -0.25) is 9.97 Å². The highest BCUT2D eigenvalue weighted by Crippen LogP contribution is 2.43. The molecule has 1 N–H and O–H groups in total. The molecule has 4 rings (SSSR count). The third-order valence-corrected chi connectivity index (χ3v) is 7.30. The average Bonchev–Trinajstić information content (AvgIpc) is 2.92. The van der Waals surface area contributed by atoms with E-state index in [1.54, 1.807) is 12.4 Å². The van der Waals surface area contributed by atoms with Crippen LogP contribution in [0.25, 0.3) is 11.3 Å². The van der Waals surface area contributed by atoms with Gasteiger partial charge in [-0.1, -0.05) is 44.2 Å². The Balaban J connectivity index is 1.58. The van der Waals surface area contributed by atoms with Crippen molar-refractivity contribution in [2.45, 2.75) is 72.7 Å². The second kappa shape index (κ2) is 13.0. The SMILES string of the molecule is Cc1ncc(-c2ccc(OCCOCc3ccccc3)cn2)c(N2CCC(C)(C)CC2)c1[C@H](OC(C)(C)C)C(=O)O. The maximum Gasteiger partial charge on any atom is 0.337 e. The van der Waals surface area contributed by atoms with E-state index in [0.29, 0.717) is 42.5 Å². The molecule has 3 aromatic rings. The maximum absolute atomic E-state index is 12.6. The van der Waals surface area contributed by atoms with Gasteiger partial charge in [0, 0.05) is 36.1 Å². The standard InChI is InChI=1S/C33H43N3O5/c1-23-28(30(31(37)38)41-32(2,3)4)29(36-16-14-33(5,6)15-17-36)26(21-34-23)27-13-12-25(20-35-27)40-19-18-39-22-24-10-8-7-9-11-24/h7-13,20-21,30H,14-19,22H2,1-6H3,(H,37,38)/t30-/m0/s1. The Morgan fingerprint density at radius 2 is 1.73 bits per heavy atom. The number of anilines is 1. The molecule has 1 fully saturated rings. The number of pyridine rings is 2. The lowest BCUT2D eigenvalue weighted by Crippen LogP contribution is -2.39. The van der Waals surface area contributed by atoms with Gasteiger partial charge < -0.3 is 24.2 Å². The number of aliphatic carboxylic acids is 1. The number of aromatic nitrogens is 2. The van der Waals surface area contributed by atoms with Crippen LogP contribution < -0.4 is 9.64 Å². The summed E-state index contributed by atoms with van der Waals surface area (Å²) in [4.78, 5) is 24.2. The first kappa shape index (κ1) is 30.5. The molecule has 220 valence electrons. The molecule has 41 heavy (non-hydrogen) atoms. The number of nitrogens with zero attached hydrogens (tertiary/aromatic N) is 3. The van der Waals surface area contributed by atoms with Crippen LogP contribution in [0.3, 0.4) is 0 Å². The Morgan fingerprint density at radius 3 is 2.34 bits per heavy atom. The number of benzene rings is 1. The predicted molar refractivity (Wildman–Crippen MR) is 160 cm³/mol. The fourth-order valence-corrected chi connectivity index (χ4v) is 4.98. The zero-order chi connectivity index (χ0) is 29.6. The number of ether oxygens (including phenoxy) is 3. The van der Waals surface area contributed by atoms with Crippen LogP contribution in [0.4, 0.5) is 5.69 Å². The van der Waals surface area contributed by atoms with Crippen LogP contribution in [-0.2, 0) is 20.9 Å². The summed E-state index contributed by atoms with van der Waals surface area (Å²) < 4.78 is 17.7. The van der Waals surface area contributed by atoms with Crippen LogP contribution in [0.5, 0.6) is 5.75 Å². The zero-order valence-corrected chi connectivity index (χ0v) is 25.1. The number of aryl methyl sites for hydroxylation is 1. The molecule has 1 atom stereocenters. The molecule has 8 heteroatoms. The molecule has 2 aromatic heterocycles. The van der Waals surface area contributed by atoms with Crippen molar-refractivity contribution in [1.29, 1.82) is 0 Å². The zero-order valence-electron chi connectivity index (χ0n) is 25.1. The minimum Gasteiger partial charge on any atom is -0.490 e. The van der Waals surface area contributed by atoms with Crippen molar-refractivity contribution in [2.75, 3.05) is 31.2 Å². The van der Waals surface area contributed by atoms with Crippen molar-refractivity contribution in [3.8, 4) is 17.0 Å². The largest absolute Gasteiger partial charge is 0.490 e. The number of carboxylic acids is 1. The Hall–Kier alpha value is -3.49. The molecule has 0 unspecified atom stereocenters. The summed E-state index contributed by atoms with van der Waals surface area (Å²) in [6.45, 7) is 15.0. The number of hydrogen-bond donors (Lipinski definition) is 1. The van der Waals surface area contributed by atoms with Crippen molar-refractivity contribution >= 4 is 11.7 Å². The summed E-state index contributed by atoms with van der Waals surface area (Å²) in [5, 5.41) is 10.3. The van der Waals surface area contributed by atoms with Crippen LogP contribution in [0.15, 0.2) is 54.9 Å². The van der Waals surface area contributed by atoms with Gasteiger partial charge in [-0.2, -0.15) is 0 Å². The molecule has 0 bridgehead atoms. The molecule has 0 amide bonds. The molecular formula is C33H43N3O5. The van der Waals surface area contributed by atoms with Crippen molar-refractivity contribution in [1.82, 2.24) is 9.97 Å². The van der Waals surface area contributed by atoms with Gasteiger partial charge in [0.2, 0.25) is 0 Å². The van der Waals surface area contributed by atoms with E-state index >= 15 is 0 Å². The van der Waals surface area contributed by atoms with E-state index in [1.807, 2.05) is 70.2 Å². The van der Waals surface area contributed by atoms with Crippen molar-refractivity contribution in [3.05, 3.63) is 71.7 Å². The fourth-order valence-electron chi connectivity index (χ4n) is 4.98. The lowest BCUT2D eigenvalue weighted by atomic mass is 9.82. The molecule has 0 aliphatic carbocycles. The van der Waals surface area contributed by atoms with Gasteiger partial charge in [0.1, 0.15) is 12.4 Å². The van der Waals surface area contributed by atoms with Crippen molar-refractivity contribution in [2.24, 2.45) is 5.41 Å². The molecule has 3 heterocycles. The Bertz CT molecular complexity index is 1290. The molecule has 0 saturated carbocycles. The first-order chi connectivity index (χ1) is 19.4. The van der Waals surface area contributed by atoms with E-state index in [2.05, 4.69) is 23.7 Å². The van der Waals surface area contributed by atoms with Crippen LogP contribution in [0.1, 0.15) is 70.4 Å². The Kier molecular flexibility index (Phi) is 9.66. The van der Waals surface area contributed by atoms with Gasteiger partial charge >= 0.3 is 5.97 Å². The summed E-state index contributed by atoms with van der Waals surface area (Å²) in [7, 11) is 0. The van der Waals surface area contributed by atoms with E-state index in [4.69, 9.17) is 19.2 Å². The first-order valence-corrected chi connectivity index (χ1v) is 14.3. The molecular weight excluding hydrogens is 518 g/mol. The monoisotopic (exact) mass is 561 g/mol. The molecule has 1 aliphatic rings. The van der Waals surface area contributed by atoms with E-state index in [-0.39, 0.29) is 5.41 Å². The quantitative estimate of drug-likeness (QED) is 0.261. The van der Waals surface area contributed by atoms with Gasteiger partial charge in [0.15, 0.2) is 6.10 Å². The van der Waals surface area contributed by atoms with Crippen molar-refractivity contribution < 1.29 is 24.1 Å². The smallest absolute Gasteiger partial charge is 0.337 e. The molecule has 1 saturated heterocycles. The third kappa shape index (κ3) is 8.27. The number of carbonyl (C=O) groups is 1. The van der Waals surface area contributed by atoms with E-state index < -0.39 is 17.7 Å². The lowest BCUT2D eigenvalue weighted by Gasteiger charge is -2.40. The maximum atomic E-state index is 12.6. The third-order valence-electron chi connectivity index (χ3n) is 7.30. The summed E-state index contributed by atoms with van der Waals surface area (Å²) in [5.41, 5.74) is 4.24. The van der Waals surface area contributed by atoms with Gasteiger partial charge in [-0.15, -0.1) is 0 Å². The molecule has 8 nitrogen and oxygen atoms in total. The van der Waals surface area contributed by atoms with Gasteiger partial charge in [-0.05, 0) is 63.6 Å². The molecule has 0 spiro atoms. The average molecular weight is 562 g/mol. The summed E-state index contributed by atoms with van der Waals surface area (Å²) in [6, 6.07) is 13.8. The second-order valence-corrected chi connectivity index (χ2v) is 12.4. The van der Waals surface area contributed by atoms with E-state index in [1.165, 1.54) is 0 Å². The summed E-state index contributed by atoms with van der Waals surface area (Å²) >= 11 is 0. The van der Waals surface area contributed by atoms with E-state index in [0.717, 1.165) is 42.7 Å². The van der Waals surface area contributed by atoms with Crippen LogP contribution in [0.2, 0.25) is 0 Å². The highest BCUT2D eigenvalue weighted by molar-refractivity contribution is 5.85. The highest BCUT2D eigenvalue weighted by atomic mass is 16.5. The normalized spacial score (nSPS) is 15.9. The number of rotatable bonds is 11. The first-order valence-electron chi connectivity index (χ1n) is 14.3. The van der Waals surface area contributed by atoms with E-state index in [9.17, 15) is 9.90 Å². The summed E-state index contributed by atoms with van der Waals surface area (Å²) in [6.07, 6.45) is 4.32. The molecule has 1 aliphatic heterocycles. The van der Waals surface area contributed by atoms with Gasteiger partial charge in [0.05, 0.1) is 36.4 Å². The Labute approximate surface area is 243 Å².